The topological polar surface area (TPSA) is 60.6 Å². The van der Waals surface area contributed by atoms with Crippen molar-refractivity contribution in [3.8, 4) is 0 Å². The molecule has 7 heteroatoms. The number of rotatable bonds is 3. The van der Waals surface area contributed by atoms with E-state index < -0.39 is 0 Å². The fraction of sp³-hybridized carbons (Fsp3) is 0.346. The van der Waals surface area contributed by atoms with E-state index in [1.54, 1.807) is 24.5 Å². The molecule has 170 valence electrons. The summed E-state index contributed by atoms with van der Waals surface area (Å²) in [6, 6.07) is 12.7. The van der Waals surface area contributed by atoms with Crippen LogP contribution in [0.15, 0.2) is 59.5 Å². The molecule has 1 amide bonds. The molecular formula is C26H28BrN4O2+. The molecule has 5 rings (SSSR count). The van der Waals surface area contributed by atoms with Gasteiger partial charge in [-0.2, -0.15) is 0 Å². The van der Waals surface area contributed by atoms with Gasteiger partial charge in [-0.3, -0.25) is 19.9 Å². The van der Waals surface area contributed by atoms with Crippen LogP contribution < -0.4 is 4.73 Å². The van der Waals surface area contributed by atoms with Crippen molar-refractivity contribution < 1.29 is 14.7 Å². The van der Waals surface area contributed by atoms with Gasteiger partial charge in [-0.1, -0.05) is 23.8 Å². The molecule has 1 atom stereocenters. The summed E-state index contributed by atoms with van der Waals surface area (Å²) >= 11 is 3.60. The first-order chi connectivity index (χ1) is 16.0. The summed E-state index contributed by atoms with van der Waals surface area (Å²) in [7, 11) is 0. The van der Waals surface area contributed by atoms with E-state index in [9.17, 15) is 10.0 Å². The molecule has 6 nitrogen and oxygen atoms in total. The molecule has 0 spiro atoms. The van der Waals surface area contributed by atoms with E-state index in [1.807, 2.05) is 11.1 Å². The van der Waals surface area contributed by atoms with Gasteiger partial charge in [0.1, 0.15) is 0 Å². The summed E-state index contributed by atoms with van der Waals surface area (Å²) in [4.78, 5) is 22.2. The van der Waals surface area contributed by atoms with Crippen LogP contribution in [0, 0.1) is 6.92 Å². The van der Waals surface area contributed by atoms with Gasteiger partial charge in [0.2, 0.25) is 18.3 Å². The Morgan fingerprint density at radius 3 is 2.58 bits per heavy atom. The number of aromatic nitrogens is 2. The summed E-state index contributed by atoms with van der Waals surface area (Å²) in [5, 5.41) is 9.39. The Morgan fingerprint density at radius 1 is 1.09 bits per heavy atom. The van der Waals surface area contributed by atoms with Crippen molar-refractivity contribution in [2.75, 3.05) is 26.2 Å². The number of nitrogens with zero attached hydrogens (tertiary/aromatic N) is 4. The predicted octanol–water partition coefficient (Wildman–Crippen LogP) is 3.25. The van der Waals surface area contributed by atoms with Gasteiger partial charge in [0.15, 0.2) is 0 Å². The molecule has 1 fully saturated rings. The Balaban J connectivity index is 1.36. The summed E-state index contributed by atoms with van der Waals surface area (Å²) in [6.45, 7) is 5.18. The molecule has 3 aromatic rings. The molecule has 1 N–H and O–H groups in total. The number of pyridine rings is 2. The SMILES string of the molecule is Cc1ccc2c(c1)CCc1cc(Br)cnc1C2N1CCN(C(=O)Cc2cc[n+](O)cc2)CC1. The minimum atomic E-state index is 0.109. The Bertz CT molecular complexity index is 1120. The number of halogens is 1. The smallest absolute Gasteiger partial charge is 0.227 e. The first-order valence-corrected chi connectivity index (χ1v) is 12.2. The quantitative estimate of drug-likeness (QED) is 0.436. The molecular weight excluding hydrogens is 480 g/mol. The third kappa shape index (κ3) is 4.66. The Morgan fingerprint density at radius 2 is 1.82 bits per heavy atom. The van der Waals surface area contributed by atoms with Gasteiger partial charge in [0.25, 0.3) is 0 Å². The fourth-order valence-electron chi connectivity index (χ4n) is 5.03. The number of carbonyl (C=O) groups excluding carboxylic acids is 1. The predicted molar refractivity (Wildman–Crippen MR) is 128 cm³/mol. The molecule has 1 aromatic carbocycles. The van der Waals surface area contributed by atoms with Crippen LogP contribution in [0.25, 0.3) is 0 Å². The van der Waals surface area contributed by atoms with Crippen molar-refractivity contribution >= 4 is 21.8 Å². The number of hydrogen-bond donors (Lipinski definition) is 1. The van der Waals surface area contributed by atoms with Gasteiger partial charge < -0.3 is 4.90 Å². The molecule has 2 aromatic heterocycles. The van der Waals surface area contributed by atoms with E-state index in [4.69, 9.17) is 4.98 Å². The second kappa shape index (κ2) is 9.23. The standard InChI is InChI=1S/C26H28BrN4O2/c1-18-2-5-23-20(14-18)3-4-21-16-22(27)17-28-25(21)26(23)30-12-10-29(11-13-30)24(32)15-19-6-8-31(33)9-7-19/h2,5-9,14,16-17,26,33H,3-4,10-13,15H2,1H3/q+1. The third-order valence-electron chi connectivity index (χ3n) is 6.75. The van der Waals surface area contributed by atoms with Crippen LogP contribution in [0.2, 0.25) is 0 Å². The number of amides is 1. The first-order valence-electron chi connectivity index (χ1n) is 11.4. The number of carbonyl (C=O) groups is 1. The van der Waals surface area contributed by atoms with E-state index >= 15 is 0 Å². The summed E-state index contributed by atoms with van der Waals surface area (Å²) in [6.07, 6.45) is 7.36. The van der Waals surface area contributed by atoms with Crippen molar-refractivity contribution in [2.45, 2.75) is 32.2 Å². The van der Waals surface area contributed by atoms with Crippen LogP contribution >= 0.6 is 15.9 Å². The van der Waals surface area contributed by atoms with Crippen LogP contribution in [0.5, 0.6) is 0 Å². The van der Waals surface area contributed by atoms with Crippen molar-refractivity contribution in [1.82, 2.24) is 14.8 Å². The lowest BCUT2D eigenvalue weighted by atomic mass is 9.94. The van der Waals surface area contributed by atoms with Gasteiger partial charge in [-0.05, 0) is 64.0 Å². The maximum absolute atomic E-state index is 12.9. The molecule has 1 aliphatic carbocycles. The molecule has 0 saturated carbocycles. The summed E-state index contributed by atoms with van der Waals surface area (Å²) < 4.78 is 2.01. The van der Waals surface area contributed by atoms with Crippen LogP contribution in [0.3, 0.4) is 0 Å². The van der Waals surface area contributed by atoms with Crippen molar-refractivity contribution in [3.05, 3.63) is 93.0 Å². The summed E-state index contributed by atoms with van der Waals surface area (Å²) in [5.74, 6) is 0.129. The van der Waals surface area contributed by atoms with Gasteiger partial charge in [-0.15, -0.1) is 0 Å². The fourth-order valence-corrected chi connectivity index (χ4v) is 5.40. The average molecular weight is 508 g/mol. The third-order valence-corrected chi connectivity index (χ3v) is 7.19. The zero-order valence-electron chi connectivity index (χ0n) is 18.7. The van der Waals surface area contributed by atoms with Crippen molar-refractivity contribution in [2.24, 2.45) is 0 Å². The first kappa shape index (κ1) is 22.0. The van der Waals surface area contributed by atoms with Crippen molar-refractivity contribution in [3.63, 3.8) is 0 Å². The van der Waals surface area contributed by atoms with E-state index in [2.05, 4.69) is 52.0 Å². The highest BCUT2D eigenvalue weighted by atomic mass is 79.9. The lowest BCUT2D eigenvalue weighted by Crippen LogP contribution is -2.50. The number of piperazine rings is 1. The Labute approximate surface area is 202 Å². The second-order valence-corrected chi connectivity index (χ2v) is 9.90. The lowest BCUT2D eigenvalue weighted by Gasteiger charge is -2.40. The Kier molecular flexibility index (Phi) is 6.17. The van der Waals surface area contributed by atoms with Crippen molar-refractivity contribution in [1.29, 1.82) is 0 Å². The van der Waals surface area contributed by atoms with Crippen LogP contribution in [-0.2, 0) is 24.1 Å². The van der Waals surface area contributed by atoms with Crippen LogP contribution in [0.4, 0.5) is 0 Å². The summed E-state index contributed by atoms with van der Waals surface area (Å²) in [5.41, 5.74) is 7.38. The number of hydrogen-bond acceptors (Lipinski definition) is 4. The zero-order chi connectivity index (χ0) is 22.9. The minimum Gasteiger partial charge on any atom is -0.340 e. The van der Waals surface area contributed by atoms with Crippen LogP contribution in [-0.4, -0.2) is 52.1 Å². The Hall–Kier alpha value is -2.77. The van der Waals surface area contributed by atoms with Crippen LogP contribution in [0.1, 0.15) is 39.6 Å². The van der Waals surface area contributed by atoms with Gasteiger partial charge >= 0.3 is 0 Å². The number of fused-ring (bicyclic) bond motifs is 2. The van der Waals surface area contributed by atoms with Gasteiger partial charge in [-0.25, -0.2) is 0 Å². The highest BCUT2D eigenvalue weighted by Gasteiger charge is 2.33. The van der Waals surface area contributed by atoms with E-state index in [0.29, 0.717) is 19.5 Å². The maximum atomic E-state index is 12.9. The number of aryl methyl sites for hydroxylation is 3. The highest BCUT2D eigenvalue weighted by molar-refractivity contribution is 9.10. The minimum absolute atomic E-state index is 0.109. The zero-order valence-corrected chi connectivity index (χ0v) is 20.3. The molecule has 0 bridgehead atoms. The van der Waals surface area contributed by atoms with Gasteiger partial charge in [0.05, 0.1) is 18.2 Å². The van der Waals surface area contributed by atoms with E-state index in [0.717, 1.165) is 46.4 Å². The average Bonchev–Trinajstić information content (AvgIpc) is 2.97. The van der Waals surface area contributed by atoms with E-state index in [-0.39, 0.29) is 11.9 Å². The normalized spacial score (nSPS) is 18.4. The molecule has 33 heavy (non-hydrogen) atoms. The largest absolute Gasteiger partial charge is 0.340 e. The molecule has 3 heterocycles. The second-order valence-electron chi connectivity index (χ2n) is 8.98. The highest BCUT2D eigenvalue weighted by Crippen LogP contribution is 2.37. The maximum Gasteiger partial charge on any atom is 0.227 e. The number of benzene rings is 1. The molecule has 1 unspecified atom stereocenters. The molecule has 1 aliphatic heterocycles. The molecule has 2 aliphatic rings. The monoisotopic (exact) mass is 507 g/mol. The molecule has 0 radical (unpaired) electrons. The molecule has 1 saturated heterocycles. The van der Waals surface area contributed by atoms with E-state index in [1.165, 1.54) is 22.3 Å². The van der Waals surface area contributed by atoms with Gasteiger partial charge in [0, 0.05) is 53.7 Å². The lowest BCUT2D eigenvalue weighted by molar-refractivity contribution is -0.904.